The zero-order valence-corrected chi connectivity index (χ0v) is 10.6. The molecular formula is C14H20O3. The molecular weight excluding hydrogens is 216 g/mol. The van der Waals surface area contributed by atoms with Crippen molar-refractivity contribution in [3.63, 3.8) is 0 Å². The topological polar surface area (TPSA) is 46.5 Å². The standard InChI is InChI=1S/C14H20O3/c1-4-14(13(15)16,10-11(2)17-3)12-8-6-5-7-9-12/h5-9,11H,4,10H2,1-3H3,(H,15,16). The van der Waals surface area contributed by atoms with Crippen molar-refractivity contribution >= 4 is 5.97 Å². The van der Waals surface area contributed by atoms with Gasteiger partial charge >= 0.3 is 5.97 Å². The molecule has 0 bridgehead atoms. The van der Waals surface area contributed by atoms with Crippen LogP contribution in [0.3, 0.4) is 0 Å². The van der Waals surface area contributed by atoms with Gasteiger partial charge in [-0.25, -0.2) is 0 Å². The van der Waals surface area contributed by atoms with Crippen LogP contribution in [0.2, 0.25) is 0 Å². The van der Waals surface area contributed by atoms with Crippen LogP contribution in [0.25, 0.3) is 0 Å². The molecule has 0 radical (unpaired) electrons. The summed E-state index contributed by atoms with van der Waals surface area (Å²) in [5.74, 6) is -0.782. The van der Waals surface area contributed by atoms with E-state index in [9.17, 15) is 9.90 Å². The second kappa shape index (κ2) is 5.82. The average molecular weight is 236 g/mol. The second-order valence-corrected chi connectivity index (χ2v) is 4.36. The molecule has 0 aliphatic rings. The van der Waals surface area contributed by atoms with Gasteiger partial charge in [0.1, 0.15) is 0 Å². The van der Waals surface area contributed by atoms with Crippen molar-refractivity contribution in [3.05, 3.63) is 35.9 Å². The zero-order valence-electron chi connectivity index (χ0n) is 10.6. The monoisotopic (exact) mass is 236 g/mol. The smallest absolute Gasteiger partial charge is 0.314 e. The van der Waals surface area contributed by atoms with E-state index < -0.39 is 11.4 Å². The summed E-state index contributed by atoms with van der Waals surface area (Å²) >= 11 is 0. The summed E-state index contributed by atoms with van der Waals surface area (Å²) in [4.78, 5) is 11.6. The minimum Gasteiger partial charge on any atom is -0.481 e. The van der Waals surface area contributed by atoms with Crippen LogP contribution in [0, 0.1) is 0 Å². The molecule has 0 saturated heterocycles. The molecule has 0 amide bonds. The lowest BCUT2D eigenvalue weighted by Crippen LogP contribution is -2.38. The first kappa shape index (κ1) is 13.7. The molecule has 2 unspecified atom stereocenters. The van der Waals surface area contributed by atoms with Gasteiger partial charge in [0, 0.05) is 7.11 Å². The maximum atomic E-state index is 11.6. The minimum absolute atomic E-state index is 0.0775. The van der Waals surface area contributed by atoms with E-state index in [4.69, 9.17) is 4.74 Å². The summed E-state index contributed by atoms with van der Waals surface area (Å²) < 4.78 is 5.22. The number of methoxy groups -OCH3 is 1. The van der Waals surface area contributed by atoms with E-state index in [-0.39, 0.29) is 6.10 Å². The molecule has 1 N–H and O–H groups in total. The third-order valence-electron chi connectivity index (χ3n) is 3.38. The van der Waals surface area contributed by atoms with Crippen molar-refractivity contribution in [2.45, 2.75) is 38.2 Å². The van der Waals surface area contributed by atoms with Gasteiger partial charge in [-0.1, -0.05) is 37.3 Å². The van der Waals surface area contributed by atoms with Crippen LogP contribution in [0.1, 0.15) is 32.3 Å². The Morgan fingerprint density at radius 2 is 2.00 bits per heavy atom. The summed E-state index contributed by atoms with van der Waals surface area (Å²) in [7, 11) is 1.61. The lowest BCUT2D eigenvalue weighted by atomic mass is 9.74. The van der Waals surface area contributed by atoms with Crippen LogP contribution in [-0.4, -0.2) is 24.3 Å². The number of carbonyl (C=O) groups is 1. The molecule has 0 spiro atoms. The number of rotatable bonds is 6. The Morgan fingerprint density at radius 3 is 2.41 bits per heavy atom. The number of benzene rings is 1. The van der Waals surface area contributed by atoms with Crippen molar-refractivity contribution in [2.75, 3.05) is 7.11 Å². The lowest BCUT2D eigenvalue weighted by molar-refractivity contribution is -0.145. The second-order valence-electron chi connectivity index (χ2n) is 4.36. The number of aliphatic carboxylic acids is 1. The lowest BCUT2D eigenvalue weighted by Gasteiger charge is -2.31. The van der Waals surface area contributed by atoms with Crippen molar-refractivity contribution in [1.29, 1.82) is 0 Å². The van der Waals surface area contributed by atoms with Crippen LogP contribution >= 0.6 is 0 Å². The van der Waals surface area contributed by atoms with Crippen molar-refractivity contribution in [1.82, 2.24) is 0 Å². The van der Waals surface area contributed by atoms with Gasteiger partial charge < -0.3 is 9.84 Å². The normalized spacial score (nSPS) is 16.2. The molecule has 17 heavy (non-hydrogen) atoms. The van der Waals surface area contributed by atoms with E-state index in [1.54, 1.807) is 7.11 Å². The third kappa shape index (κ3) is 2.86. The fourth-order valence-corrected chi connectivity index (χ4v) is 2.16. The highest BCUT2D eigenvalue weighted by molar-refractivity contribution is 5.81. The summed E-state index contributed by atoms with van der Waals surface area (Å²) in [5.41, 5.74) is -0.00431. The van der Waals surface area contributed by atoms with E-state index in [0.29, 0.717) is 12.8 Å². The average Bonchev–Trinajstić information content (AvgIpc) is 2.36. The Morgan fingerprint density at radius 1 is 1.41 bits per heavy atom. The van der Waals surface area contributed by atoms with Crippen molar-refractivity contribution in [3.8, 4) is 0 Å². The van der Waals surface area contributed by atoms with Gasteiger partial charge in [0.15, 0.2) is 0 Å². The van der Waals surface area contributed by atoms with E-state index in [1.165, 1.54) is 0 Å². The summed E-state index contributed by atoms with van der Waals surface area (Å²) in [5, 5.41) is 9.57. The molecule has 1 aromatic carbocycles. The first-order chi connectivity index (χ1) is 8.06. The number of carboxylic acids is 1. The molecule has 3 nitrogen and oxygen atoms in total. The molecule has 1 rings (SSSR count). The molecule has 0 aromatic heterocycles. The van der Waals surface area contributed by atoms with E-state index in [0.717, 1.165) is 5.56 Å². The van der Waals surface area contributed by atoms with Gasteiger partial charge in [-0.15, -0.1) is 0 Å². The Labute approximate surface area is 102 Å². The van der Waals surface area contributed by atoms with Gasteiger partial charge in [0.2, 0.25) is 0 Å². The first-order valence-electron chi connectivity index (χ1n) is 5.88. The molecule has 94 valence electrons. The molecule has 1 aromatic rings. The Bertz CT molecular complexity index is 361. The summed E-state index contributed by atoms with van der Waals surface area (Å²) in [6, 6.07) is 9.39. The highest BCUT2D eigenvalue weighted by Gasteiger charge is 2.39. The fraction of sp³-hybridized carbons (Fsp3) is 0.500. The van der Waals surface area contributed by atoms with Crippen LogP contribution in [0.5, 0.6) is 0 Å². The SMILES string of the molecule is CCC(CC(C)OC)(C(=O)O)c1ccccc1. The van der Waals surface area contributed by atoms with Gasteiger partial charge in [-0.05, 0) is 25.3 Å². The van der Waals surface area contributed by atoms with E-state index >= 15 is 0 Å². The van der Waals surface area contributed by atoms with Crippen LogP contribution in [0.4, 0.5) is 0 Å². The predicted octanol–water partition coefficient (Wildman–Crippen LogP) is 2.84. The highest BCUT2D eigenvalue weighted by Crippen LogP contribution is 2.33. The summed E-state index contributed by atoms with van der Waals surface area (Å²) in [6.45, 7) is 3.81. The van der Waals surface area contributed by atoms with Crippen LogP contribution in [-0.2, 0) is 14.9 Å². The first-order valence-corrected chi connectivity index (χ1v) is 5.88. The Hall–Kier alpha value is -1.35. The number of carboxylic acid groups (broad SMARTS) is 1. The zero-order chi connectivity index (χ0) is 12.9. The number of ether oxygens (including phenoxy) is 1. The highest BCUT2D eigenvalue weighted by atomic mass is 16.5. The van der Waals surface area contributed by atoms with Crippen LogP contribution < -0.4 is 0 Å². The molecule has 0 aliphatic heterocycles. The molecule has 0 aliphatic carbocycles. The number of hydrogen-bond acceptors (Lipinski definition) is 2. The maximum Gasteiger partial charge on any atom is 0.314 e. The Balaban J connectivity index is 3.14. The van der Waals surface area contributed by atoms with Crippen molar-refractivity contribution < 1.29 is 14.6 Å². The van der Waals surface area contributed by atoms with E-state index in [2.05, 4.69) is 0 Å². The van der Waals surface area contributed by atoms with Gasteiger partial charge in [-0.2, -0.15) is 0 Å². The van der Waals surface area contributed by atoms with Gasteiger partial charge in [-0.3, -0.25) is 4.79 Å². The van der Waals surface area contributed by atoms with Crippen LogP contribution in [0.15, 0.2) is 30.3 Å². The maximum absolute atomic E-state index is 11.6. The summed E-state index contributed by atoms with van der Waals surface area (Å²) in [6.07, 6.45) is 0.964. The van der Waals surface area contributed by atoms with Gasteiger partial charge in [0.25, 0.3) is 0 Å². The van der Waals surface area contributed by atoms with Gasteiger partial charge in [0.05, 0.1) is 11.5 Å². The largest absolute Gasteiger partial charge is 0.481 e. The molecule has 3 heteroatoms. The molecule has 0 heterocycles. The fourth-order valence-electron chi connectivity index (χ4n) is 2.16. The van der Waals surface area contributed by atoms with Crippen molar-refractivity contribution in [2.24, 2.45) is 0 Å². The minimum atomic E-state index is -0.851. The van der Waals surface area contributed by atoms with E-state index in [1.807, 2.05) is 44.2 Å². The number of hydrogen-bond donors (Lipinski definition) is 1. The molecule has 0 saturated carbocycles. The Kier molecular flexibility index (Phi) is 4.70. The third-order valence-corrected chi connectivity index (χ3v) is 3.38. The molecule has 2 atom stereocenters. The predicted molar refractivity (Wildman–Crippen MR) is 67.1 cm³/mol. The quantitative estimate of drug-likeness (QED) is 0.826. The molecule has 0 fully saturated rings.